The molecular weight excluding hydrogens is 228 g/mol. The van der Waals surface area contributed by atoms with Crippen molar-refractivity contribution in [3.05, 3.63) is 21.3 Å². The predicted molar refractivity (Wildman–Crippen MR) is 56.4 cm³/mol. The molecule has 0 atom stereocenters. The van der Waals surface area contributed by atoms with Crippen LogP contribution in [0.1, 0.15) is 9.67 Å². The number of amides is 1. The number of nitrogen functional groups attached to an aromatic ring is 1. The molecule has 0 aliphatic rings. The summed E-state index contributed by atoms with van der Waals surface area (Å²) in [6.07, 6.45) is 0. The molecule has 0 saturated heterocycles. The molecule has 0 radical (unpaired) electrons. The first-order chi connectivity index (χ1) is 6.24. The van der Waals surface area contributed by atoms with E-state index in [2.05, 4.69) is 5.43 Å². The van der Waals surface area contributed by atoms with Gasteiger partial charge in [0.05, 0.1) is 9.04 Å². The summed E-state index contributed by atoms with van der Waals surface area (Å²) in [5.74, 6) is 4.68. The van der Waals surface area contributed by atoms with E-state index in [1.165, 1.54) is 11.3 Å². The molecule has 2 aromatic rings. The van der Waals surface area contributed by atoms with Crippen LogP contribution in [0.5, 0.6) is 0 Å². The smallest absolute Gasteiger partial charge is 0.276 e. The maximum atomic E-state index is 11.2. The lowest BCUT2D eigenvalue weighted by atomic mass is 10.3. The van der Waals surface area contributed by atoms with E-state index in [0.29, 0.717) is 9.90 Å². The highest BCUT2D eigenvalue weighted by Crippen LogP contribution is 2.38. The van der Waals surface area contributed by atoms with Gasteiger partial charge in [-0.2, -0.15) is 0 Å². The fraction of sp³-hybridized carbons (Fsp3) is 0. The third-order valence-electron chi connectivity index (χ3n) is 1.60. The molecule has 0 fully saturated rings. The maximum absolute atomic E-state index is 11.2. The van der Waals surface area contributed by atoms with Crippen LogP contribution in [-0.4, -0.2) is 5.91 Å². The highest BCUT2D eigenvalue weighted by molar-refractivity contribution is 7.38. The molecule has 0 bridgehead atoms. The van der Waals surface area contributed by atoms with Crippen LogP contribution in [0.3, 0.4) is 0 Å². The molecule has 0 unspecified atom stereocenters. The molecule has 2 aromatic heterocycles. The normalized spacial score (nSPS) is 10.6. The Kier molecular flexibility index (Phi) is 2.25. The molecule has 68 valence electrons. The standard InChI is InChI=1S/C7H5ClN2OS2/c8-4-3-1-2-12-7(3)13-5(4)6(11)10-9/h1-2H,9H2,(H,10,11). The Balaban J connectivity index is 2.64. The lowest BCUT2D eigenvalue weighted by molar-refractivity contribution is 0.0958. The summed E-state index contributed by atoms with van der Waals surface area (Å²) in [4.78, 5) is 11.7. The van der Waals surface area contributed by atoms with Gasteiger partial charge in [0.25, 0.3) is 5.91 Å². The number of carbonyl (C=O) groups excluding carboxylic acids is 1. The van der Waals surface area contributed by atoms with Gasteiger partial charge in [-0.15, -0.1) is 22.7 Å². The van der Waals surface area contributed by atoms with Crippen LogP contribution in [-0.2, 0) is 0 Å². The molecule has 6 heteroatoms. The van der Waals surface area contributed by atoms with Gasteiger partial charge in [0.15, 0.2) is 0 Å². The van der Waals surface area contributed by atoms with Gasteiger partial charge >= 0.3 is 0 Å². The zero-order chi connectivity index (χ0) is 9.42. The molecule has 13 heavy (non-hydrogen) atoms. The van der Waals surface area contributed by atoms with Gasteiger partial charge in [0.1, 0.15) is 4.88 Å². The van der Waals surface area contributed by atoms with E-state index < -0.39 is 0 Å². The summed E-state index contributed by atoms with van der Waals surface area (Å²) in [5.41, 5.74) is 2.06. The van der Waals surface area contributed by atoms with Crippen molar-refractivity contribution in [2.45, 2.75) is 0 Å². The minimum absolute atomic E-state index is 0.335. The highest BCUT2D eigenvalue weighted by atomic mass is 35.5. The third-order valence-corrected chi connectivity index (χ3v) is 4.35. The van der Waals surface area contributed by atoms with Crippen LogP contribution in [0.15, 0.2) is 11.4 Å². The monoisotopic (exact) mass is 232 g/mol. The van der Waals surface area contributed by atoms with E-state index in [9.17, 15) is 4.79 Å². The second kappa shape index (κ2) is 3.26. The largest absolute Gasteiger partial charge is 0.289 e. The SMILES string of the molecule is NNC(=O)c1sc2sccc2c1Cl. The Morgan fingerprint density at radius 3 is 3.00 bits per heavy atom. The van der Waals surface area contributed by atoms with E-state index in [-0.39, 0.29) is 5.91 Å². The van der Waals surface area contributed by atoms with Crippen LogP contribution in [0.4, 0.5) is 0 Å². The number of hydrazine groups is 1. The average molecular weight is 233 g/mol. The summed E-state index contributed by atoms with van der Waals surface area (Å²) < 4.78 is 1.05. The van der Waals surface area contributed by atoms with Gasteiger partial charge in [-0.25, -0.2) is 5.84 Å². The second-order valence-corrected chi connectivity index (χ2v) is 4.91. The van der Waals surface area contributed by atoms with Crippen LogP contribution in [0.25, 0.3) is 9.40 Å². The van der Waals surface area contributed by atoms with Crippen LogP contribution < -0.4 is 11.3 Å². The fourth-order valence-corrected chi connectivity index (χ4v) is 3.53. The minimum Gasteiger partial charge on any atom is -0.289 e. The van der Waals surface area contributed by atoms with Crippen molar-refractivity contribution in [3.8, 4) is 0 Å². The molecule has 0 aliphatic heterocycles. The number of nitrogens with two attached hydrogens (primary N) is 1. The van der Waals surface area contributed by atoms with Crippen molar-refractivity contribution in [2.75, 3.05) is 0 Å². The number of rotatable bonds is 1. The fourth-order valence-electron chi connectivity index (χ4n) is 1.01. The molecule has 2 rings (SSSR count). The number of halogens is 1. The number of hydrogen-bond donors (Lipinski definition) is 2. The Hall–Kier alpha value is -0.620. The van der Waals surface area contributed by atoms with E-state index >= 15 is 0 Å². The first-order valence-corrected chi connectivity index (χ1v) is 5.48. The molecule has 0 saturated carbocycles. The number of fused-ring (bicyclic) bond motifs is 1. The van der Waals surface area contributed by atoms with Gasteiger partial charge in [-0.3, -0.25) is 10.2 Å². The second-order valence-electron chi connectivity index (χ2n) is 2.34. The number of nitrogens with one attached hydrogen (secondary N) is 1. The summed E-state index contributed by atoms with van der Waals surface area (Å²) in [6.45, 7) is 0. The Labute approximate surface area is 87.1 Å². The van der Waals surface area contributed by atoms with Crippen LogP contribution >= 0.6 is 34.3 Å². The van der Waals surface area contributed by atoms with Crippen molar-refractivity contribution in [1.82, 2.24) is 5.43 Å². The molecule has 0 aliphatic carbocycles. The van der Waals surface area contributed by atoms with Crippen LogP contribution in [0.2, 0.25) is 5.02 Å². The molecule has 0 spiro atoms. The first-order valence-electron chi connectivity index (χ1n) is 3.40. The lowest BCUT2D eigenvalue weighted by Crippen LogP contribution is -2.29. The summed E-state index contributed by atoms with van der Waals surface area (Å²) in [7, 11) is 0. The van der Waals surface area contributed by atoms with Gasteiger partial charge < -0.3 is 0 Å². The Morgan fingerprint density at radius 2 is 2.38 bits per heavy atom. The van der Waals surface area contributed by atoms with Crippen molar-refractivity contribution in [1.29, 1.82) is 0 Å². The third kappa shape index (κ3) is 1.34. The average Bonchev–Trinajstić information content (AvgIpc) is 2.68. The summed E-state index contributed by atoms with van der Waals surface area (Å²) in [6, 6.07) is 1.89. The number of thiophene rings is 2. The van der Waals surface area contributed by atoms with Gasteiger partial charge in [0.2, 0.25) is 0 Å². The predicted octanol–water partition coefficient (Wildman–Crippen LogP) is 2.22. The van der Waals surface area contributed by atoms with Crippen molar-refractivity contribution < 1.29 is 4.79 Å². The van der Waals surface area contributed by atoms with Crippen molar-refractivity contribution in [3.63, 3.8) is 0 Å². The van der Waals surface area contributed by atoms with Gasteiger partial charge in [-0.05, 0) is 11.4 Å². The van der Waals surface area contributed by atoms with E-state index in [1.807, 2.05) is 11.4 Å². The number of carbonyl (C=O) groups is 1. The van der Waals surface area contributed by atoms with Gasteiger partial charge in [0, 0.05) is 5.39 Å². The Bertz CT molecular complexity index is 462. The molecular formula is C7H5ClN2OS2. The highest BCUT2D eigenvalue weighted by Gasteiger charge is 2.16. The minimum atomic E-state index is -0.335. The lowest BCUT2D eigenvalue weighted by Gasteiger charge is -1.94. The zero-order valence-electron chi connectivity index (χ0n) is 6.33. The van der Waals surface area contributed by atoms with Crippen molar-refractivity contribution in [2.24, 2.45) is 5.84 Å². The Morgan fingerprint density at radius 1 is 1.62 bits per heavy atom. The topological polar surface area (TPSA) is 55.1 Å². The molecule has 3 nitrogen and oxygen atoms in total. The maximum Gasteiger partial charge on any atom is 0.276 e. The van der Waals surface area contributed by atoms with E-state index in [0.717, 1.165) is 9.40 Å². The van der Waals surface area contributed by atoms with Crippen LogP contribution in [0, 0.1) is 0 Å². The number of hydrogen-bond acceptors (Lipinski definition) is 4. The first kappa shape index (κ1) is 8.96. The molecule has 1 amide bonds. The van der Waals surface area contributed by atoms with E-state index in [1.54, 1.807) is 11.3 Å². The zero-order valence-corrected chi connectivity index (χ0v) is 8.72. The molecule has 0 aromatic carbocycles. The quantitative estimate of drug-likeness (QED) is 0.450. The van der Waals surface area contributed by atoms with E-state index in [4.69, 9.17) is 17.4 Å². The summed E-state index contributed by atoms with van der Waals surface area (Å²) in [5, 5.41) is 3.36. The molecule has 2 heterocycles. The molecule has 3 N–H and O–H groups in total. The van der Waals surface area contributed by atoms with Gasteiger partial charge in [-0.1, -0.05) is 11.6 Å². The summed E-state index contributed by atoms with van der Waals surface area (Å²) >= 11 is 8.89. The van der Waals surface area contributed by atoms with Crippen molar-refractivity contribution >= 4 is 49.6 Å².